The number of hydrogen-bond donors (Lipinski definition) is 1. The number of rotatable bonds is 6. The minimum atomic E-state index is -4.11. The lowest BCUT2D eigenvalue weighted by atomic mass is 10.2. The molecule has 0 fully saturated rings. The molecule has 7 nitrogen and oxygen atoms in total. The number of pyridine rings is 1. The van der Waals surface area contributed by atoms with Crippen molar-refractivity contribution in [2.75, 3.05) is 4.72 Å². The van der Waals surface area contributed by atoms with Crippen LogP contribution in [0.2, 0.25) is 15.2 Å². The molecule has 0 bridgehead atoms. The fourth-order valence-corrected chi connectivity index (χ4v) is 4.12. The van der Waals surface area contributed by atoms with Gasteiger partial charge in [0.1, 0.15) is 11.0 Å². The standard InChI is InChI=1S/C17H13Cl3N4O3S/c1-10(11-4-3-7-21-8-11)27-17-16(22-9-14(19)23-17)24-28(25,26)13-6-2-5-12(18)15(13)20/h2-10H,1H3,(H,22,24). The maximum Gasteiger partial charge on any atom is 0.264 e. The van der Waals surface area contributed by atoms with Crippen LogP contribution in [0.4, 0.5) is 5.82 Å². The highest BCUT2D eigenvalue weighted by Crippen LogP contribution is 2.32. The van der Waals surface area contributed by atoms with E-state index in [2.05, 4.69) is 19.7 Å². The molecule has 11 heteroatoms. The molecule has 1 N–H and O–H groups in total. The second-order valence-corrected chi connectivity index (χ2v) is 8.37. The van der Waals surface area contributed by atoms with Crippen molar-refractivity contribution in [1.82, 2.24) is 15.0 Å². The van der Waals surface area contributed by atoms with Gasteiger partial charge >= 0.3 is 0 Å². The van der Waals surface area contributed by atoms with Gasteiger partial charge in [0.05, 0.1) is 16.2 Å². The predicted octanol–water partition coefficient (Wildman–Crippen LogP) is 4.77. The Bertz CT molecular complexity index is 1100. The first-order chi connectivity index (χ1) is 13.3. The van der Waals surface area contributed by atoms with Crippen LogP contribution in [0.5, 0.6) is 5.88 Å². The zero-order valence-electron chi connectivity index (χ0n) is 14.3. The highest BCUT2D eigenvalue weighted by atomic mass is 35.5. The summed E-state index contributed by atoms with van der Waals surface area (Å²) in [6.45, 7) is 1.76. The van der Waals surface area contributed by atoms with E-state index in [1.165, 1.54) is 24.4 Å². The average Bonchev–Trinajstić information content (AvgIpc) is 2.66. The van der Waals surface area contributed by atoms with Crippen LogP contribution < -0.4 is 9.46 Å². The molecule has 28 heavy (non-hydrogen) atoms. The highest BCUT2D eigenvalue weighted by Gasteiger charge is 2.23. The zero-order valence-corrected chi connectivity index (χ0v) is 17.4. The molecule has 3 aromatic rings. The fraction of sp³-hybridized carbons (Fsp3) is 0.118. The summed E-state index contributed by atoms with van der Waals surface area (Å²) >= 11 is 17.8. The summed E-state index contributed by atoms with van der Waals surface area (Å²) in [5, 5.41) is 0.0373. The van der Waals surface area contributed by atoms with Crippen molar-refractivity contribution < 1.29 is 13.2 Å². The summed E-state index contributed by atoms with van der Waals surface area (Å²) in [6.07, 6.45) is 3.96. The molecule has 3 rings (SSSR count). The van der Waals surface area contributed by atoms with Crippen LogP contribution in [0.1, 0.15) is 18.6 Å². The fourth-order valence-electron chi connectivity index (χ4n) is 2.23. The largest absolute Gasteiger partial charge is 0.467 e. The van der Waals surface area contributed by atoms with E-state index >= 15 is 0 Å². The molecule has 1 unspecified atom stereocenters. The van der Waals surface area contributed by atoms with Crippen molar-refractivity contribution in [1.29, 1.82) is 0 Å². The van der Waals surface area contributed by atoms with E-state index in [1.54, 1.807) is 25.4 Å². The first-order valence-electron chi connectivity index (χ1n) is 7.84. The molecule has 1 atom stereocenters. The molecular weight excluding hydrogens is 447 g/mol. The molecule has 0 aliphatic rings. The summed E-state index contributed by atoms with van der Waals surface area (Å²) in [4.78, 5) is 11.8. The van der Waals surface area contributed by atoms with E-state index < -0.39 is 16.1 Å². The van der Waals surface area contributed by atoms with Gasteiger partial charge in [-0.3, -0.25) is 9.71 Å². The van der Waals surface area contributed by atoms with Gasteiger partial charge in [0.15, 0.2) is 5.15 Å². The van der Waals surface area contributed by atoms with Gasteiger partial charge in [-0.2, -0.15) is 4.98 Å². The molecule has 146 valence electrons. The highest BCUT2D eigenvalue weighted by molar-refractivity contribution is 7.92. The van der Waals surface area contributed by atoms with Crippen molar-refractivity contribution in [2.24, 2.45) is 0 Å². The summed E-state index contributed by atoms with van der Waals surface area (Å²) < 4.78 is 33.6. The Morgan fingerprint density at radius 2 is 1.89 bits per heavy atom. The lowest BCUT2D eigenvalue weighted by Crippen LogP contribution is -2.17. The topological polar surface area (TPSA) is 94.1 Å². The van der Waals surface area contributed by atoms with Gasteiger partial charge in [-0.1, -0.05) is 46.9 Å². The summed E-state index contributed by atoms with van der Waals surface area (Å²) in [7, 11) is -4.11. The molecule has 0 saturated heterocycles. The van der Waals surface area contributed by atoms with Gasteiger partial charge in [-0.05, 0) is 25.1 Å². The van der Waals surface area contributed by atoms with E-state index in [1.807, 2.05) is 6.07 Å². The molecule has 0 amide bonds. The van der Waals surface area contributed by atoms with Crippen LogP contribution in [0.25, 0.3) is 0 Å². The predicted molar refractivity (Wildman–Crippen MR) is 108 cm³/mol. The maximum absolute atomic E-state index is 12.7. The Kier molecular flexibility index (Phi) is 6.24. The molecule has 0 aliphatic carbocycles. The summed E-state index contributed by atoms with van der Waals surface area (Å²) in [5.41, 5.74) is 0.760. The minimum Gasteiger partial charge on any atom is -0.467 e. The van der Waals surface area contributed by atoms with E-state index in [4.69, 9.17) is 39.5 Å². The van der Waals surface area contributed by atoms with Gasteiger partial charge < -0.3 is 4.74 Å². The average molecular weight is 460 g/mol. The van der Waals surface area contributed by atoms with Crippen LogP contribution in [-0.4, -0.2) is 23.4 Å². The van der Waals surface area contributed by atoms with Crippen LogP contribution >= 0.6 is 34.8 Å². The third kappa shape index (κ3) is 4.64. The molecular formula is C17H13Cl3N4O3S. The lowest BCUT2D eigenvalue weighted by molar-refractivity contribution is 0.218. The lowest BCUT2D eigenvalue weighted by Gasteiger charge is -2.17. The molecule has 0 radical (unpaired) electrons. The number of ether oxygens (including phenoxy) is 1. The van der Waals surface area contributed by atoms with Crippen molar-refractivity contribution >= 4 is 50.6 Å². The van der Waals surface area contributed by atoms with Crippen molar-refractivity contribution in [3.63, 3.8) is 0 Å². The number of nitrogens with zero attached hydrogens (tertiary/aromatic N) is 3. The first-order valence-corrected chi connectivity index (χ1v) is 10.5. The molecule has 2 heterocycles. The second-order valence-electron chi connectivity index (χ2n) is 5.55. The van der Waals surface area contributed by atoms with Crippen LogP contribution in [0, 0.1) is 0 Å². The van der Waals surface area contributed by atoms with Gasteiger partial charge in [-0.15, -0.1) is 0 Å². The normalized spacial score (nSPS) is 12.4. The molecule has 0 aliphatic heterocycles. The van der Waals surface area contributed by atoms with E-state index in [9.17, 15) is 8.42 Å². The third-order valence-electron chi connectivity index (χ3n) is 3.59. The Morgan fingerprint density at radius 3 is 2.61 bits per heavy atom. The van der Waals surface area contributed by atoms with E-state index in [0.29, 0.717) is 0 Å². The molecule has 2 aromatic heterocycles. The molecule has 0 spiro atoms. The number of aromatic nitrogens is 3. The monoisotopic (exact) mass is 458 g/mol. The smallest absolute Gasteiger partial charge is 0.264 e. The number of hydrogen-bond acceptors (Lipinski definition) is 6. The number of halogens is 3. The number of anilines is 1. The van der Waals surface area contributed by atoms with E-state index in [-0.39, 0.29) is 31.8 Å². The molecule has 1 aromatic carbocycles. The van der Waals surface area contributed by atoms with Crippen molar-refractivity contribution in [3.8, 4) is 5.88 Å². The van der Waals surface area contributed by atoms with Gasteiger partial charge in [0, 0.05) is 18.0 Å². The van der Waals surface area contributed by atoms with Crippen molar-refractivity contribution in [2.45, 2.75) is 17.9 Å². The summed E-state index contributed by atoms with van der Waals surface area (Å²) in [6, 6.07) is 7.83. The number of benzene rings is 1. The van der Waals surface area contributed by atoms with Gasteiger partial charge in [-0.25, -0.2) is 13.4 Å². The van der Waals surface area contributed by atoms with Crippen molar-refractivity contribution in [3.05, 3.63) is 69.7 Å². The van der Waals surface area contributed by atoms with Crippen LogP contribution in [0.15, 0.2) is 53.8 Å². The maximum atomic E-state index is 12.7. The zero-order chi connectivity index (χ0) is 20.3. The quantitative estimate of drug-likeness (QED) is 0.570. The van der Waals surface area contributed by atoms with Gasteiger partial charge in [0.2, 0.25) is 5.82 Å². The Morgan fingerprint density at radius 1 is 1.11 bits per heavy atom. The van der Waals surface area contributed by atoms with Crippen LogP contribution in [-0.2, 0) is 10.0 Å². The van der Waals surface area contributed by atoms with Crippen LogP contribution in [0.3, 0.4) is 0 Å². The Balaban J connectivity index is 1.93. The Labute approximate surface area is 176 Å². The first kappa shape index (κ1) is 20.6. The minimum absolute atomic E-state index is 0.0390. The number of sulfonamides is 1. The Hall–Kier alpha value is -2.13. The van der Waals surface area contributed by atoms with Gasteiger partial charge in [0.25, 0.3) is 15.9 Å². The van der Waals surface area contributed by atoms with E-state index in [0.717, 1.165) is 5.56 Å². The summed E-state index contributed by atoms with van der Waals surface area (Å²) in [5.74, 6) is -0.234. The molecule has 0 saturated carbocycles. The number of nitrogens with one attached hydrogen (secondary N) is 1. The SMILES string of the molecule is CC(Oc1nc(Cl)cnc1NS(=O)(=O)c1cccc(Cl)c1Cl)c1cccnc1. The second kappa shape index (κ2) is 8.48. The third-order valence-corrected chi connectivity index (χ3v) is 6.08.